The summed E-state index contributed by atoms with van der Waals surface area (Å²) in [6.07, 6.45) is 2.63. The van der Waals surface area contributed by atoms with E-state index >= 15 is 0 Å². The summed E-state index contributed by atoms with van der Waals surface area (Å²) < 4.78 is 1.05. The van der Waals surface area contributed by atoms with Crippen LogP contribution in [0.1, 0.15) is 30.7 Å². The van der Waals surface area contributed by atoms with E-state index in [1.54, 1.807) is 0 Å². The zero-order valence-corrected chi connectivity index (χ0v) is 16.7. The van der Waals surface area contributed by atoms with Crippen LogP contribution in [0.15, 0.2) is 59.1 Å². The second kappa shape index (κ2) is 7.85. The van der Waals surface area contributed by atoms with Crippen LogP contribution in [-0.4, -0.2) is 29.8 Å². The Morgan fingerprint density at radius 2 is 1.89 bits per heavy atom. The molecule has 2 aromatic rings. The molecule has 2 fully saturated rings. The molecule has 2 amide bonds. The number of carbonyl (C=O) groups is 2. The summed E-state index contributed by atoms with van der Waals surface area (Å²) in [5, 5.41) is 2.97. The lowest BCUT2D eigenvalue weighted by Crippen LogP contribution is -2.44. The number of benzene rings is 2. The first-order valence-corrected chi connectivity index (χ1v) is 10.3. The monoisotopic (exact) mass is 426 g/mol. The van der Waals surface area contributed by atoms with Gasteiger partial charge in [-0.3, -0.25) is 9.59 Å². The largest absolute Gasteiger partial charge is 0.342 e. The Balaban J connectivity index is 1.36. The summed E-state index contributed by atoms with van der Waals surface area (Å²) >= 11 is 3.50. The molecule has 5 heteroatoms. The fraction of sp³-hybridized carbons (Fsp3) is 0.364. The van der Waals surface area contributed by atoms with Crippen LogP contribution in [0.5, 0.6) is 0 Å². The lowest BCUT2D eigenvalue weighted by Gasteiger charge is -2.32. The molecule has 4 rings (SSSR count). The molecule has 1 saturated heterocycles. The summed E-state index contributed by atoms with van der Waals surface area (Å²) in [4.78, 5) is 27.4. The van der Waals surface area contributed by atoms with Crippen molar-refractivity contribution >= 4 is 33.4 Å². The van der Waals surface area contributed by atoms with E-state index in [-0.39, 0.29) is 23.7 Å². The second-order valence-electron chi connectivity index (χ2n) is 7.48. The zero-order valence-electron chi connectivity index (χ0n) is 15.1. The molecule has 4 nitrogen and oxygen atoms in total. The molecular formula is C22H23BrN2O2. The number of hydrogen-bond donors (Lipinski definition) is 1. The molecule has 0 radical (unpaired) electrons. The summed E-state index contributed by atoms with van der Waals surface area (Å²) in [6.45, 7) is 1.29. The van der Waals surface area contributed by atoms with Gasteiger partial charge in [-0.15, -0.1) is 0 Å². The van der Waals surface area contributed by atoms with Gasteiger partial charge >= 0.3 is 0 Å². The van der Waals surface area contributed by atoms with Crippen molar-refractivity contribution in [2.75, 3.05) is 18.4 Å². The predicted octanol–water partition coefficient (Wildman–Crippen LogP) is 4.43. The first-order chi connectivity index (χ1) is 13.1. The average molecular weight is 427 g/mol. The Kier molecular flexibility index (Phi) is 5.30. The highest BCUT2D eigenvalue weighted by Crippen LogP contribution is 2.49. The van der Waals surface area contributed by atoms with E-state index in [2.05, 4.69) is 33.4 Å². The van der Waals surface area contributed by atoms with Gasteiger partial charge in [0.25, 0.3) is 0 Å². The standard InChI is InChI=1S/C22H23BrN2O2/c23-17-8-4-6-15(12-17)19-13-20(19)22(27)25-11-5-7-16(14-25)21(26)24-18-9-2-1-3-10-18/h1-4,6,8-10,12,16,19-20H,5,7,11,13-14H2,(H,24,26). The highest BCUT2D eigenvalue weighted by atomic mass is 79.9. The molecule has 1 aliphatic heterocycles. The Morgan fingerprint density at radius 3 is 2.67 bits per heavy atom. The van der Waals surface area contributed by atoms with Crippen LogP contribution in [0, 0.1) is 11.8 Å². The third-order valence-corrected chi connectivity index (χ3v) is 6.02. The zero-order chi connectivity index (χ0) is 18.8. The minimum Gasteiger partial charge on any atom is -0.342 e. The Hall–Kier alpha value is -2.14. The van der Waals surface area contributed by atoms with E-state index in [4.69, 9.17) is 0 Å². The maximum absolute atomic E-state index is 12.9. The molecule has 0 spiro atoms. The molecule has 27 heavy (non-hydrogen) atoms. The molecule has 0 aromatic heterocycles. The van der Waals surface area contributed by atoms with Crippen molar-refractivity contribution in [2.45, 2.75) is 25.2 Å². The molecule has 2 aromatic carbocycles. The number of amides is 2. The van der Waals surface area contributed by atoms with E-state index < -0.39 is 0 Å². The Labute approximate surface area is 168 Å². The first kappa shape index (κ1) is 18.2. The maximum Gasteiger partial charge on any atom is 0.229 e. The normalized spacial score (nSPS) is 24.3. The van der Waals surface area contributed by atoms with Gasteiger partial charge in [0.15, 0.2) is 0 Å². The van der Waals surface area contributed by atoms with E-state index in [1.807, 2.05) is 47.4 Å². The van der Waals surface area contributed by atoms with Gasteiger partial charge in [0, 0.05) is 29.2 Å². The molecule has 2 aliphatic rings. The average Bonchev–Trinajstić information content (AvgIpc) is 3.49. The maximum atomic E-state index is 12.9. The van der Waals surface area contributed by atoms with Crippen LogP contribution in [0.25, 0.3) is 0 Å². The summed E-state index contributed by atoms with van der Waals surface area (Å²) in [7, 11) is 0. The smallest absolute Gasteiger partial charge is 0.229 e. The number of para-hydroxylation sites is 1. The number of rotatable bonds is 4. The number of likely N-dealkylation sites (tertiary alicyclic amines) is 1. The van der Waals surface area contributed by atoms with Crippen molar-refractivity contribution in [2.24, 2.45) is 11.8 Å². The fourth-order valence-electron chi connectivity index (χ4n) is 3.97. The van der Waals surface area contributed by atoms with Gasteiger partial charge in [0.2, 0.25) is 11.8 Å². The summed E-state index contributed by atoms with van der Waals surface area (Å²) in [5.41, 5.74) is 2.03. The number of hydrogen-bond acceptors (Lipinski definition) is 2. The molecule has 3 unspecified atom stereocenters. The Bertz CT molecular complexity index is 839. The molecule has 1 N–H and O–H groups in total. The second-order valence-corrected chi connectivity index (χ2v) is 8.40. The summed E-state index contributed by atoms with van der Waals surface area (Å²) in [6, 6.07) is 17.7. The van der Waals surface area contributed by atoms with Gasteiger partial charge in [0.05, 0.1) is 5.92 Å². The highest BCUT2D eigenvalue weighted by molar-refractivity contribution is 9.10. The van der Waals surface area contributed by atoms with Crippen LogP contribution in [0.2, 0.25) is 0 Å². The van der Waals surface area contributed by atoms with Gasteiger partial charge in [-0.05, 0) is 55.0 Å². The van der Waals surface area contributed by atoms with Gasteiger partial charge in [0.1, 0.15) is 0 Å². The van der Waals surface area contributed by atoms with Crippen LogP contribution in [0.4, 0.5) is 5.69 Å². The number of nitrogens with one attached hydrogen (secondary N) is 1. The third-order valence-electron chi connectivity index (χ3n) is 5.53. The predicted molar refractivity (Wildman–Crippen MR) is 109 cm³/mol. The van der Waals surface area contributed by atoms with Gasteiger partial charge in [-0.25, -0.2) is 0 Å². The lowest BCUT2D eigenvalue weighted by molar-refractivity contribution is -0.135. The van der Waals surface area contributed by atoms with Crippen LogP contribution < -0.4 is 5.32 Å². The fourth-order valence-corrected chi connectivity index (χ4v) is 4.38. The minimum atomic E-state index is -0.133. The van der Waals surface area contributed by atoms with Gasteiger partial charge in [-0.2, -0.15) is 0 Å². The number of piperidine rings is 1. The van der Waals surface area contributed by atoms with Crippen molar-refractivity contribution in [3.63, 3.8) is 0 Å². The molecular weight excluding hydrogens is 404 g/mol. The van der Waals surface area contributed by atoms with Crippen LogP contribution in [-0.2, 0) is 9.59 Å². The number of nitrogens with zero attached hydrogens (tertiary/aromatic N) is 1. The van der Waals surface area contributed by atoms with Crippen LogP contribution in [0.3, 0.4) is 0 Å². The molecule has 1 saturated carbocycles. The first-order valence-electron chi connectivity index (χ1n) is 9.52. The molecule has 0 bridgehead atoms. The number of halogens is 1. The molecule has 140 valence electrons. The number of anilines is 1. The summed E-state index contributed by atoms with van der Waals surface area (Å²) in [5.74, 6) is 0.463. The minimum absolute atomic E-state index is 0.0121. The quantitative estimate of drug-likeness (QED) is 0.785. The molecule has 3 atom stereocenters. The number of carbonyl (C=O) groups excluding carboxylic acids is 2. The van der Waals surface area contributed by atoms with Crippen molar-refractivity contribution in [3.8, 4) is 0 Å². The highest BCUT2D eigenvalue weighted by Gasteiger charge is 2.46. The van der Waals surface area contributed by atoms with Crippen molar-refractivity contribution in [1.29, 1.82) is 0 Å². The lowest BCUT2D eigenvalue weighted by atomic mass is 9.96. The Morgan fingerprint density at radius 1 is 1.07 bits per heavy atom. The van der Waals surface area contributed by atoms with E-state index in [0.29, 0.717) is 12.5 Å². The van der Waals surface area contributed by atoms with Gasteiger partial charge < -0.3 is 10.2 Å². The SMILES string of the molecule is O=C(Nc1ccccc1)C1CCCN(C(=O)C2CC2c2cccc(Br)c2)C1. The van der Waals surface area contributed by atoms with Crippen molar-refractivity contribution in [3.05, 3.63) is 64.6 Å². The van der Waals surface area contributed by atoms with Crippen LogP contribution >= 0.6 is 15.9 Å². The molecule has 1 aliphatic carbocycles. The molecule has 1 heterocycles. The van der Waals surface area contributed by atoms with Gasteiger partial charge in [-0.1, -0.05) is 46.3 Å². The van der Waals surface area contributed by atoms with Crippen molar-refractivity contribution in [1.82, 2.24) is 4.90 Å². The van der Waals surface area contributed by atoms with E-state index in [0.717, 1.165) is 36.0 Å². The topological polar surface area (TPSA) is 49.4 Å². The van der Waals surface area contributed by atoms with E-state index in [9.17, 15) is 9.59 Å². The third kappa shape index (κ3) is 4.24. The van der Waals surface area contributed by atoms with Crippen molar-refractivity contribution < 1.29 is 9.59 Å². The van der Waals surface area contributed by atoms with E-state index in [1.165, 1.54) is 5.56 Å².